The summed E-state index contributed by atoms with van der Waals surface area (Å²) in [6, 6.07) is 0.333. The highest BCUT2D eigenvalue weighted by Gasteiger charge is 2.25. The average molecular weight is 195 g/mol. The molecule has 1 aliphatic heterocycles. The number of hydrogen-bond donors (Lipinski definition) is 2. The van der Waals surface area contributed by atoms with Crippen LogP contribution in [0.25, 0.3) is 0 Å². The Morgan fingerprint density at radius 3 is 3.00 bits per heavy atom. The zero-order valence-corrected chi connectivity index (χ0v) is 8.84. The van der Waals surface area contributed by atoms with E-state index in [-0.39, 0.29) is 6.10 Å². The van der Waals surface area contributed by atoms with Gasteiger partial charge in [0.25, 0.3) is 0 Å². The molecule has 2 nitrogen and oxygen atoms in total. The van der Waals surface area contributed by atoms with Crippen LogP contribution in [0.5, 0.6) is 0 Å². The van der Waals surface area contributed by atoms with Gasteiger partial charge in [-0.2, -0.15) is 0 Å². The number of aliphatic hydroxyl groups is 1. The van der Waals surface area contributed by atoms with Gasteiger partial charge in [0.15, 0.2) is 0 Å². The van der Waals surface area contributed by atoms with Crippen LogP contribution in [0.15, 0.2) is 11.6 Å². The summed E-state index contributed by atoms with van der Waals surface area (Å²) in [5.41, 5.74) is 1.29. The Morgan fingerprint density at radius 2 is 2.21 bits per heavy atom. The van der Waals surface area contributed by atoms with Crippen molar-refractivity contribution in [2.45, 2.75) is 57.1 Å². The third kappa shape index (κ3) is 2.37. The van der Waals surface area contributed by atoms with Crippen LogP contribution < -0.4 is 5.32 Å². The van der Waals surface area contributed by atoms with Crippen molar-refractivity contribution >= 4 is 0 Å². The molecule has 0 radical (unpaired) electrons. The molecule has 1 fully saturated rings. The number of allylic oxidation sites excluding steroid dienone is 1. The van der Waals surface area contributed by atoms with Crippen LogP contribution in [0.3, 0.4) is 0 Å². The van der Waals surface area contributed by atoms with Gasteiger partial charge in [0.05, 0.1) is 6.10 Å². The molecule has 1 aliphatic carbocycles. The molecular weight excluding hydrogens is 174 g/mol. The molecule has 2 rings (SSSR count). The van der Waals surface area contributed by atoms with Crippen LogP contribution in [0.1, 0.15) is 44.9 Å². The first-order chi connectivity index (χ1) is 6.88. The molecule has 0 bridgehead atoms. The average Bonchev–Trinajstić information content (AvgIpc) is 2.59. The highest BCUT2D eigenvalue weighted by Crippen LogP contribution is 2.23. The molecule has 2 aliphatic rings. The van der Waals surface area contributed by atoms with Crippen molar-refractivity contribution in [3.8, 4) is 0 Å². The van der Waals surface area contributed by atoms with Crippen LogP contribution in [0.2, 0.25) is 0 Å². The normalized spacial score (nSPS) is 30.9. The fourth-order valence-corrected chi connectivity index (χ4v) is 2.55. The lowest BCUT2D eigenvalue weighted by atomic mass is 9.97. The molecule has 2 atom stereocenters. The van der Waals surface area contributed by atoms with Crippen molar-refractivity contribution in [3.05, 3.63) is 11.6 Å². The largest absolute Gasteiger partial charge is 0.387 e. The molecular formula is C12H21NO. The van der Waals surface area contributed by atoms with E-state index in [4.69, 9.17) is 0 Å². The van der Waals surface area contributed by atoms with Crippen molar-refractivity contribution in [3.63, 3.8) is 0 Å². The van der Waals surface area contributed by atoms with Gasteiger partial charge in [-0.15, -0.1) is 0 Å². The van der Waals surface area contributed by atoms with Gasteiger partial charge >= 0.3 is 0 Å². The van der Waals surface area contributed by atoms with Gasteiger partial charge in [-0.1, -0.05) is 12.5 Å². The number of aliphatic hydroxyl groups excluding tert-OH is 1. The minimum absolute atomic E-state index is 0.212. The Hall–Kier alpha value is -0.340. The van der Waals surface area contributed by atoms with Crippen molar-refractivity contribution in [1.29, 1.82) is 0 Å². The summed E-state index contributed by atoms with van der Waals surface area (Å²) in [6.45, 7) is 1.08. The van der Waals surface area contributed by atoms with Crippen LogP contribution in [0.4, 0.5) is 0 Å². The number of nitrogens with one attached hydrogen (secondary N) is 1. The number of rotatable bonds is 2. The molecule has 0 aromatic heterocycles. The van der Waals surface area contributed by atoms with Crippen LogP contribution >= 0.6 is 0 Å². The van der Waals surface area contributed by atoms with Gasteiger partial charge in [0.2, 0.25) is 0 Å². The molecule has 0 saturated carbocycles. The predicted molar refractivity (Wildman–Crippen MR) is 58.2 cm³/mol. The fraction of sp³-hybridized carbons (Fsp3) is 0.833. The minimum Gasteiger partial charge on any atom is -0.387 e. The van der Waals surface area contributed by atoms with Gasteiger partial charge < -0.3 is 10.4 Å². The predicted octanol–water partition coefficient (Wildman–Crippen LogP) is 1.99. The summed E-state index contributed by atoms with van der Waals surface area (Å²) in [4.78, 5) is 0. The van der Waals surface area contributed by atoms with E-state index in [9.17, 15) is 5.11 Å². The van der Waals surface area contributed by atoms with Crippen LogP contribution in [-0.2, 0) is 0 Å². The van der Waals surface area contributed by atoms with Gasteiger partial charge in [-0.25, -0.2) is 0 Å². The summed E-state index contributed by atoms with van der Waals surface area (Å²) in [5, 5.41) is 13.6. The molecule has 2 heteroatoms. The minimum atomic E-state index is -0.212. The van der Waals surface area contributed by atoms with E-state index in [1.165, 1.54) is 37.7 Å². The lowest BCUT2D eigenvalue weighted by Gasteiger charge is -2.21. The monoisotopic (exact) mass is 195 g/mol. The van der Waals surface area contributed by atoms with E-state index in [1.54, 1.807) is 0 Å². The van der Waals surface area contributed by atoms with Crippen molar-refractivity contribution in [2.24, 2.45) is 0 Å². The number of hydrogen-bond acceptors (Lipinski definition) is 2. The molecule has 0 aromatic rings. The first-order valence-corrected chi connectivity index (χ1v) is 5.98. The fourth-order valence-electron chi connectivity index (χ4n) is 2.55. The van der Waals surface area contributed by atoms with Gasteiger partial charge in [0, 0.05) is 6.04 Å². The molecule has 0 spiro atoms. The van der Waals surface area contributed by atoms with Crippen molar-refractivity contribution < 1.29 is 5.11 Å². The van der Waals surface area contributed by atoms with E-state index in [0.29, 0.717) is 6.04 Å². The van der Waals surface area contributed by atoms with E-state index >= 15 is 0 Å². The zero-order valence-electron chi connectivity index (χ0n) is 8.84. The summed E-state index contributed by atoms with van der Waals surface area (Å²) < 4.78 is 0. The molecule has 2 N–H and O–H groups in total. The highest BCUT2D eigenvalue weighted by molar-refractivity contribution is 5.13. The topological polar surface area (TPSA) is 32.3 Å². The maximum atomic E-state index is 10.2. The second-order valence-corrected chi connectivity index (χ2v) is 4.53. The Morgan fingerprint density at radius 1 is 1.29 bits per heavy atom. The molecule has 0 aromatic carbocycles. The maximum Gasteiger partial charge on any atom is 0.0903 e. The van der Waals surface area contributed by atoms with E-state index in [2.05, 4.69) is 11.4 Å². The van der Waals surface area contributed by atoms with Gasteiger partial charge in [-0.05, 0) is 50.6 Å². The second kappa shape index (κ2) is 4.94. The summed E-state index contributed by atoms with van der Waals surface area (Å²) in [7, 11) is 0. The first kappa shape index (κ1) is 10.2. The molecule has 80 valence electrons. The van der Waals surface area contributed by atoms with Crippen LogP contribution in [0, 0.1) is 0 Å². The summed E-state index contributed by atoms with van der Waals surface area (Å²) in [5.74, 6) is 0. The standard InChI is InChI=1S/C12H21NO/c14-12(11-8-5-9-13-11)10-6-3-1-2-4-7-10/h6,11-14H,1-5,7-9H2. The molecule has 14 heavy (non-hydrogen) atoms. The van der Waals surface area contributed by atoms with Gasteiger partial charge in [-0.3, -0.25) is 0 Å². The maximum absolute atomic E-state index is 10.2. The second-order valence-electron chi connectivity index (χ2n) is 4.53. The molecule has 1 saturated heterocycles. The Kier molecular flexibility index (Phi) is 3.60. The lowest BCUT2D eigenvalue weighted by molar-refractivity contribution is 0.165. The third-order valence-corrected chi connectivity index (χ3v) is 3.44. The van der Waals surface area contributed by atoms with E-state index in [0.717, 1.165) is 19.4 Å². The Balaban J connectivity index is 1.94. The highest BCUT2D eigenvalue weighted by atomic mass is 16.3. The molecule has 2 unspecified atom stereocenters. The lowest BCUT2D eigenvalue weighted by Crippen LogP contribution is -2.35. The van der Waals surface area contributed by atoms with Crippen molar-refractivity contribution in [2.75, 3.05) is 6.54 Å². The Labute approximate surface area is 86.4 Å². The molecule has 1 heterocycles. The SMILES string of the molecule is OC(C1=CCCCCC1)C1CCCN1. The third-order valence-electron chi connectivity index (χ3n) is 3.44. The quantitative estimate of drug-likeness (QED) is 0.660. The summed E-state index contributed by atoms with van der Waals surface area (Å²) in [6.07, 6.45) is 10.6. The smallest absolute Gasteiger partial charge is 0.0903 e. The molecule has 0 amide bonds. The first-order valence-electron chi connectivity index (χ1n) is 5.98. The van der Waals surface area contributed by atoms with E-state index in [1.807, 2.05) is 0 Å². The van der Waals surface area contributed by atoms with Crippen molar-refractivity contribution in [1.82, 2.24) is 5.32 Å². The Bertz CT molecular complexity index is 206. The van der Waals surface area contributed by atoms with E-state index < -0.39 is 0 Å². The van der Waals surface area contributed by atoms with Gasteiger partial charge in [0.1, 0.15) is 0 Å². The van der Waals surface area contributed by atoms with Crippen LogP contribution in [-0.4, -0.2) is 23.8 Å². The summed E-state index contributed by atoms with van der Waals surface area (Å²) >= 11 is 0. The zero-order chi connectivity index (χ0) is 9.80.